The number of rotatable bonds is 2. The van der Waals surface area contributed by atoms with E-state index in [-0.39, 0.29) is 11.9 Å². The minimum absolute atomic E-state index is 0.0621. The molecule has 1 amide bonds. The molecule has 25 heavy (non-hydrogen) atoms. The first-order chi connectivity index (χ1) is 12.3. The third-order valence-corrected chi connectivity index (χ3v) is 6.20. The van der Waals surface area contributed by atoms with Crippen LogP contribution in [0.15, 0.2) is 42.2 Å². The lowest BCUT2D eigenvalue weighted by Gasteiger charge is -2.33. The number of amides is 1. The Morgan fingerprint density at radius 2 is 2.20 bits per heavy atom. The van der Waals surface area contributed by atoms with Crippen molar-refractivity contribution in [3.8, 4) is 0 Å². The number of hydrogen-bond donors (Lipinski definition) is 1. The molecule has 3 aromatic heterocycles. The number of carbonyl (C=O) groups is 1. The van der Waals surface area contributed by atoms with Crippen LogP contribution in [0, 0.1) is 0 Å². The van der Waals surface area contributed by atoms with E-state index in [0.717, 1.165) is 33.0 Å². The summed E-state index contributed by atoms with van der Waals surface area (Å²) in [4.78, 5) is 31.5. The van der Waals surface area contributed by atoms with Gasteiger partial charge in [-0.2, -0.15) is 0 Å². The first-order valence-corrected chi connectivity index (χ1v) is 9.59. The summed E-state index contributed by atoms with van der Waals surface area (Å²) in [6.07, 6.45) is 4.12. The van der Waals surface area contributed by atoms with Gasteiger partial charge in [0.1, 0.15) is 11.0 Å². The van der Waals surface area contributed by atoms with Crippen LogP contribution in [-0.4, -0.2) is 37.3 Å². The normalized spacial score (nSPS) is 17.0. The molecule has 1 aromatic carbocycles. The molecule has 0 saturated heterocycles. The first kappa shape index (κ1) is 14.7. The van der Waals surface area contributed by atoms with Crippen molar-refractivity contribution in [2.24, 2.45) is 0 Å². The van der Waals surface area contributed by atoms with E-state index < -0.39 is 0 Å². The molecular weight excluding hydrogens is 354 g/mol. The number of thiazole rings is 2. The summed E-state index contributed by atoms with van der Waals surface area (Å²) in [5.74, 6) is -0.0621. The highest BCUT2D eigenvalue weighted by atomic mass is 32.1. The van der Waals surface area contributed by atoms with Gasteiger partial charge in [-0.05, 0) is 12.1 Å². The molecule has 4 heterocycles. The molecule has 124 valence electrons. The maximum Gasteiger partial charge on any atom is 0.283 e. The molecule has 4 aromatic rings. The Bertz CT molecular complexity index is 1020. The predicted octanol–water partition coefficient (Wildman–Crippen LogP) is 3.26. The molecule has 8 heteroatoms. The smallest absolute Gasteiger partial charge is 0.283 e. The van der Waals surface area contributed by atoms with Crippen LogP contribution in [0.3, 0.4) is 0 Å². The Morgan fingerprint density at radius 1 is 1.28 bits per heavy atom. The van der Waals surface area contributed by atoms with Crippen molar-refractivity contribution in [3.63, 3.8) is 0 Å². The third-order valence-electron chi connectivity index (χ3n) is 4.35. The average Bonchev–Trinajstić information content (AvgIpc) is 3.39. The molecule has 1 atom stereocenters. The van der Waals surface area contributed by atoms with Gasteiger partial charge in [0.25, 0.3) is 5.91 Å². The molecule has 5 rings (SSSR count). The summed E-state index contributed by atoms with van der Waals surface area (Å²) in [6.45, 7) is 0.619. The van der Waals surface area contributed by atoms with Gasteiger partial charge in [-0.15, -0.1) is 22.7 Å². The van der Waals surface area contributed by atoms with Gasteiger partial charge in [-0.25, -0.2) is 15.0 Å². The zero-order valence-corrected chi connectivity index (χ0v) is 14.7. The number of nitrogens with zero attached hydrogens (tertiary/aromatic N) is 4. The monoisotopic (exact) mass is 367 g/mol. The zero-order chi connectivity index (χ0) is 16.8. The predicted molar refractivity (Wildman–Crippen MR) is 96.9 cm³/mol. The van der Waals surface area contributed by atoms with Crippen LogP contribution < -0.4 is 0 Å². The number of fused-ring (bicyclic) bond motifs is 2. The number of H-pyrrole nitrogens is 1. The molecule has 1 N–H and O–H groups in total. The van der Waals surface area contributed by atoms with E-state index in [1.54, 1.807) is 23.9 Å². The van der Waals surface area contributed by atoms with Crippen molar-refractivity contribution in [1.82, 2.24) is 24.8 Å². The fourth-order valence-corrected chi connectivity index (χ4v) is 4.88. The maximum atomic E-state index is 13.0. The van der Waals surface area contributed by atoms with E-state index in [0.29, 0.717) is 11.6 Å². The lowest BCUT2D eigenvalue weighted by molar-refractivity contribution is 0.0690. The van der Waals surface area contributed by atoms with Crippen molar-refractivity contribution in [2.75, 3.05) is 6.54 Å². The SMILES string of the molecule is O=C(c1nccs1)N1CCc2[nH]cnc2[C@H]1c1nc2ccccc2s1. The number of imidazole rings is 1. The van der Waals surface area contributed by atoms with Crippen LogP contribution in [0.1, 0.15) is 32.2 Å². The number of aromatic amines is 1. The van der Waals surface area contributed by atoms with E-state index in [4.69, 9.17) is 4.98 Å². The molecule has 0 unspecified atom stereocenters. The molecule has 0 saturated carbocycles. The van der Waals surface area contributed by atoms with Crippen LogP contribution in [0.25, 0.3) is 10.2 Å². The second-order valence-corrected chi connectivity index (χ2v) is 7.73. The Labute approximate surface area is 151 Å². The number of benzene rings is 1. The van der Waals surface area contributed by atoms with Crippen molar-refractivity contribution in [2.45, 2.75) is 12.5 Å². The Morgan fingerprint density at radius 3 is 3.04 bits per heavy atom. The van der Waals surface area contributed by atoms with E-state index >= 15 is 0 Å². The fraction of sp³-hybridized carbons (Fsp3) is 0.176. The zero-order valence-electron chi connectivity index (χ0n) is 13.0. The van der Waals surface area contributed by atoms with Gasteiger partial charge in [0, 0.05) is 30.2 Å². The highest BCUT2D eigenvalue weighted by Crippen LogP contribution is 2.38. The van der Waals surface area contributed by atoms with Crippen LogP contribution in [0.4, 0.5) is 0 Å². The summed E-state index contributed by atoms with van der Waals surface area (Å²) in [6, 6.07) is 7.76. The van der Waals surface area contributed by atoms with Gasteiger partial charge in [0.05, 0.1) is 22.2 Å². The second-order valence-electron chi connectivity index (χ2n) is 5.77. The lowest BCUT2D eigenvalue weighted by Crippen LogP contribution is -2.40. The van der Waals surface area contributed by atoms with E-state index in [1.807, 2.05) is 28.5 Å². The summed E-state index contributed by atoms with van der Waals surface area (Å²) in [7, 11) is 0. The standard InChI is InChI=1S/C17H13N5OS2/c23-17(16-18-6-8-24-16)22-7-5-11-13(20-9-19-11)14(22)15-21-10-3-1-2-4-12(10)25-15/h1-4,6,8-9,14H,5,7H2,(H,19,20)/t14-/m0/s1. The number of nitrogens with one attached hydrogen (secondary N) is 1. The van der Waals surface area contributed by atoms with Crippen LogP contribution >= 0.6 is 22.7 Å². The molecule has 0 radical (unpaired) electrons. The minimum atomic E-state index is -0.274. The fourth-order valence-electron chi connectivity index (χ4n) is 3.20. The quantitative estimate of drug-likeness (QED) is 0.590. The maximum absolute atomic E-state index is 13.0. The Kier molecular flexibility index (Phi) is 3.39. The van der Waals surface area contributed by atoms with Crippen molar-refractivity contribution in [1.29, 1.82) is 0 Å². The molecule has 0 spiro atoms. The van der Waals surface area contributed by atoms with Gasteiger partial charge < -0.3 is 9.88 Å². The summed E-state index contributed by atoms with van der Waals surface area (Å²) < 4.78 is 1.11. The molecular formula is C17H13N5OS2. The van der Waals surface area contributed by atoms with Crippen LogP contribution in [-0.2, 0) is 6.42 Å². The van der Waals surface area contributed by atoms with Crippen molar-refractivity contribution >= 4 is 38.8 Å². The molecule has 1 aliphatic rings. The number of aromatic nitrogens is 4. The molecule has 1 aliphatic heterocycles. The van der Waals surface area contributed by atoms with Crippen LogP contribution in [0.2, 0.25) is 0 Å². The Balaban J connectivity index is 1.64. The summed E-state index contributed by atoms with van der Waals surface area (Å²) in [5.41, 5.74) is 2.91. The molecule has 6 nitrogen and oxygen atoms in total. The van der Waals surface area contributed by atoms with E-state index in [1.165, 1.54) is 11.3 Å². The largest absolute Gasteiger partial charge is 0.348 e. The number of carbonyl (C=O) groups excluding carboxylic acids is 1. The van der Waals surface area contributed by atoms with Crippen molar-refractivity contribution < 1.29 is 4.79 Å². The third kappa shape index (κ3) is 2.37. The second kappa shape index (κ2) is 5.75. The first-order valence-electron chi connectivity index (χ1n) is 7.89. The van der Waals surface area contributed by atoms with Gasteiger partial charge in [-0.1, -0.05) is 12.1 Å². The summed E-state index contributed by atoms with van der Waals surface area (Å²) >= 11 is 2.98. The van der Waals surface area contributed by atoms with E-state index in [2.05, 4.69) is 21.0 Å². The number of hydrogen-bond acceptors (Lipinski definition) is 6. The minimum Gasteiger partial charge on any atom is -0.348 e. The summed E-state index contributed by atoms with van der Waals surface area (Å²) in [5, 5.41) is 3.22. The molecule has 0 fully saturated rings. The van der Waals surface area contributed by atoms with Gasteiger partial charge in [0.2, 0.25) is 0 Å². The highest BCUT2D eigenvalue weighted by molar-refractivity contribution is 7.18. The van der Waals surface area contributed by atoms with Crippen molar-refractivity contribution in [3.05, 3.63) is 63.6 Å². The molecule has 0 aliphatic carbocycles. The van der Waals surface area contributed by atoms with Crippen LogP contribution in [0.5, 0.6) is 0 Å². The van der Waals surface area contributed by atoms with Gasteiger partial charge in [0.15, 0.2) is 5.01 Å². The Hall–Kier alpha value is -2.58. The van der Waals surface area contributed by atoms with Gasteiger partial charge >= 0.3 is 0 Å². The number of para-hydroxylation sites is 1. The average molecular weight is 367 g/mol. The topological polar surface area (TPSA) is 74.8 Å². The molecule has 0 bridgehead atoms. The highest BCUT2D eigenvalue weighted by Gasteiger charge is 2.37. The van der Waals surface area contributed by atoms with E-state index in [9.17, 15) is 4.79 Å². The van der Waals surface area contributed by atoms with Gasteiger partial charge in [-0.3, -0.25) is 4.79 Å². The lowest BCUT2D eigenvalue weighted by atomic mass is 10.0.